The third kappa shape index (κ3) is 3.72. The first-order valence-electron chi connectivity index (χ1n) is 5.69. The molecular formula is C11H20N2O3. The highest BCUT2D eigenvalue weighted by atomic mass is 16.4. The lowest BCUT2D eigenvalue weighted by molar-refractivity contribution is -0.140. The molecule has 2 amide bonds. The number of amides is 2. The van der Waals surface area contributed by atoms with Gasteiger partial charge >= 0.3 is 12.0 Å². The van der Waals surface area contributed by atoms with Crippen LogP contribution in [0.2, 0.25) is 0 Å². The molecule has 1 fully saturated rings. The van der Waals surface area contributed by atoms with Gasteiger partial charge in [0.05, 0.1) is 0 Å². The molecule has 0 aromatic rings. The monoisotopic (exact) mass is 228 g/mol. The molecule has 1 saturated carbocycles. The topological polar surface area (TPSA) is 78.4 Å². The van der Waals surface area contributed by atoms with E-state index in [9.17, 15) is 9.59 Å². The van der Waals surface area contributed by atoms with Crippen LogP contribution in [0, 0.1) is 17.8 Å². The second-order valence-corrected chi connectivity index (χ2v) is 4.89. The quantitative estimate of drug-likeness (QED) is 0.658. The van der Waals surface area contributed by atoms with Gasteiger partial charge in [0.25, 0.3) is 0 Å². The molecule has 1 rings (SSSR count). The lowest BCUT2D eigenvalue weighted by Gasteiger charge is -2.18. The molecule has 0 heterocycles. The SMILES string of the molecule is CC(C)C(NC(=O)NCC1CC1C)C(=O)O. The van der Waals surface area contributed by atoms with Crippen LogP contribution >= 0.6 is 0 Å². The number of rotatable bonds is 5. The third-order valence-electron chi connectivity index (χ3n) is 3.02. The largest absolute Gasteiger partial charge is 0.480 e. The van der Waals surface area contributed by atoms with Crippen LogP contribution in [0.1, 0.15) is 27.2 Å². The lowest BCUT2D eigenvalue weighted by atomic mass is 10.1. The molecule has 3 unspecified atom stereocenters. The number of carbonyl (C=O) groups is 2. The van der Waals surface area contributed by atoms with E-state index >= 15 is 0 Å². The van der Waals surface area contributed by atoms with Gasteiger partial charge in [0, 0.05) is 6.54 Å². The van der Waals surface area contributed by atoms with Crippen molar-refractivity contribution < 1.29 is 14.7 Å². The Kier molecular flexibility index (Phi) is 4.15. The minimum atomic E-state index is -0.995. The summed E-state index contributed by atoms with van der Waals surface area (Å²) in [5, 5.41) is 14.0. The fourth-order valence-electron chi connectivity index (χ4n) is 1.61. The Labute approximate surface area is 95.6 Å². The van der Waals surface area contributed by atoms with Crippen molar-refractivity contribution in [2.75, 3.05) is 6.54 Å². The number of carbonyl (C=O) groups excluding carboxylic acids is 1. The van der Waals surface area contributed by atoms with E-state index in [1.165, 1.54) is 0 Å². The summed E-state index contributed by atoms with van der Waals surface area (Å²) in [4.78, 5) is 22.3. The van der Waals surface area contributed by atoms with Crippen LogP contribution in [0.25, 0.3) is 0 Å². The Morgan fingerprint density at radius 3 is 2.38 bits per heavy atom. The molecule has 16 heavy (non-hydrogen) atoms. The molecule has 3 atom stereocenters. The highest BCUT2D eigenvalue weighted by Crippen LogP contribution is 2.36. The average Bonchev–Trinajstić information content (AvgIpc) is 2.87. The van der Waals surface area contributed by atoms with E-state index in [0.717, 1.165) is 6.42 Å². The zero-order valence-electron chi connectivity index (χ0n) is 9.99. The summed E-state index contributed by atoms with van der Waals surface area (Å²) in [5.74, 6) is 0.127. The molecule has 1 aliphatic rings. The summed E-state index contributed by atoms with van der Waals surface area (Å²) in [7, 11) is 0. The van der Waals surface area contributed by atoms with Crippen LogP contribution in [0.3, 0.4) is 0 Å². The van der Waals surface area contributed by atoms with Crippen LogP contribution in [-0.2, 0) is 4.79 Å². The highest BCUT2D eigenvalue weighted by Gasteiger charge is 2.32. The molecule has 0 bridgehead atoms. The lowest BCUT2D eigenvalue weighted by Crippen LogP contribution is -2.49. The number of aliphatic carboxylic acids is 1. The summed E-state index contributed by atoms with van der Waals surface area (Å²) < 4.78 is 0. The van der Waals surface area contributed by atoms with Crippen molar-refractivity contribution in [1.29, 1.82) is 0 Å². The Morgan fingerprint density at radius 2 is 2.00 bits per heavy atom. The van der Waals surface area contributed by atoms with E-state index in [4.69, 9.17) is 5.11 Å². The Balaban J connectivity index is 2.28. The van der Waals surface area contributed by atoms with Crippen molar-refractivity contribution in [3.63, 3.8) is 0 Å². The molecule has 92 valence electrons. The number of carboxylic acids is 1. The molecule has 0 aromatic carbocycles. The smallest absolute Gasteiger partial charge is 0.326 e. The maximum atomic E-state index is 11.4. The first-order chi connectivity index (χ1) is 7.41. The normalized spacial score (nSPS) is 25.0. The van der Waals surface area contributed by atoms with Gasteiger partial charge in [0.2, 0.25) is 0 Å². The minimum Gasteiger partial charge on any atom is -0.480 e. The van der Waals surface area contributed by atoms with Crippen molar-refractivity contribution in [3.05, 3.63) is 0 Å². The summed E-state index contributed by atoms with van der Waals surface area (Å²) in [6.07, 6.45) is 1.15. The summed E-state index contributed by atoms with van der Waals surface area (Å²) >= 11 is 0. The maximum absolute atomic E-state index is 11.4. The Bertz CT molecular complexity index is 278. The Morgan fingerprint density at radius 1 is 1.44 bits per heavy atom. The van der Waals surface area contributed by atoms with Crippen LogP contribution in [0.4, 0.5) is 4.79 Å². The third-order valence-corrected chi connectivity index (χ3v) is 3.02. The molecule has 5 heteroatoms. The molecule has 0 aliphatic heterocycles. The number of hydrogen-bond acceptors (Lipinski definition) is 2. The van der Waals surface area contributed by atoms with Gasteiger partial charge in [-0.3, -0.25) is 0 Å². The molecule has 0 aromatic heterocycles. The Hall–Kier alpha value is -1.26. The van der Waals surface area contributed by atoms with Gasteiger partial charge in [-0.2, -0.15) is 0 Å². The fourth-order valence-corrected chi connectivity index (χ4v) is 1.61. The minimum absolute atomic E-state index is 0.122. The molecule has 5 nitrogen and oxygen atoms in total. The first-order valence-corrected chi connectivity index (χ1v) is 5.69. The molecule has 3 N–H and O–H groups in total. The zero-order chi connectivity index (χ0) is 12.3. The van der Waals surface area contributed by atoms with Crippen LogP contribution in [0.5, 0.6) is 0 Å². The van der Waals surface area contributed by atoms with Crippen molar-refractivity contribution in [2.24, 2.45) is 17.8 Å². The molecule has 1 aliphatic carbocycles. The molecule has 0 spiro atoms. The molecule has 0 radical (unpaired) electrons. The van der Waals surface area contributed by atoms with Crippen molar-refractivity contribution in [1.82, 2.24) is 10.6 Å². The fraction of sp³-hybridized carbons (Fsp3) is 0.818. The second kappa shape index (κ2) is 5.18. The number of carboxylic acid groups (broad SMARTS) is 1. The summed E-state index contributed by atoms with van der Waals surface area (Å²) in [6, 6.07) is -1.21. The number of urea groups is 1. The van der Waals surface area contributed by atoms with Crippen molar-refractivity contribution in [3.8, 4) is 0 Å². The van der Waals surface area contributed by atoms with E-state index in [0.29, 0.717) is 18.4 Å². The van der Waals surface area contributed by atoms with E-state index in [-0.39, 0.29) is 11.9 Å². The predicted octanol–water partition coefficient (Wildman–Crippen LogP) is 1.05. The van der Waals surface area contributed by atoms with Gasteiger partial charge in [-0.25, -0.2) is 9.59 Å². The van der Waals surface area contributed by atoms with Gasteiger partial charge in [0.1, 0.15) is 6.04 Å². The summed E-state index contributed by atoms with van der Waals surface area (Å²) in [5.41, 5.74) is 0. The van der Waals surface area contributed by atoms with Gasteiger partial charge in [-0.15, -0.1) is 0 Å². The molecular weight excluding hydrogens is 208 g/mol. The van der Waals surface area contributed by atoms with Gasteiger partial charge in [-0.05, 0) is 24.2 Å². The zero-order valence-corrected chi connectivity index (χ0v) is 9.99. The van der Waals surface area contributed by atoms with Crippen molar-refractivity contribution in [2.45, 2.75) is 33.2 Å². The van der Waals surface area contributed by atoms with E-state index < -0.39 is 12.0 Å². The van der Waals surface area contributed by atoms with E-state index in [1.807, 2.05) is 0 Å². The molecule has 0 saturated heterocycles. The maximum Gasteiger partial charge on any atom is 0.326 e. The van der Waals surface area contributed by atoms with Crippen LogP contribution in [0.15, 0.2) is 0 Å². The standard InChI is InChI=1S/C11H20N2O3/c1-6(2)9(10(14)15)13-11(16)12-5-8-4-7(8)3/h6-9H,4-5H2,1-3H3,(H,14,15)(H2,12,13,16). The summed E-state index contributed by atoms with van der Waals surface area (Å²) in [6.45, 7) is 6.31. The average molecular weight is 228 g/mol. The van der Waals surface area contributed by atoms with Gasteiger partial charge in [-0.1, -0.05) is 20.8 Å². The van der Waals surface area contributed by atoms with Gasteiger partial charge < -0.3 is 15.7 Å². The van der Waals surface area contributed by atoms with Crippen LogP contribution < -0.4 is 10.6 Å². The second-order valence-electron chi connectivity index (χ2n) is 4.89. The predicted molar refractivity (Wildman–Crippen MR) is 60.1 cm³/mol. The van der Waals surface area contributed by atoms with E-state index in [2.05, 4.69) is 17.6 Å². The van der Waals surface area contributed by atoms with Crippen LogP contribution in [-0.4, -0.2) is 29.7 Å². The van der Waals surface area contributed by atoms with Crippen molar-refractivity contribution >= 4 is 12.0 Å². The first kappa shape index (κ1) is 12.8. The number of nitrogens with one attached hydrogen (secondary N) is 2. The highest BCUT2D eigenvalue weighted by molar-refractivity contribution is 5.82. The van der Waals surface area contributed by atoms with Gasteiger partial charge in [0.15, 0.2) is 0 Å². The number of hydrogen-bond donors (Lipinski definition) is 3. The van der Waals surface area contributed by atoms with E-state index in [1.54, 1.807) is 13.8 Å².